The second kappa shape index (κ2) is 7.11. The summed E-state index contributed by atoms with van der Waals surface area (Å²) in [5, 5.41) is 3.05. The van der Waals surface area contributed by atoms with Gasteiger partial charge in [-0.05, 0) is 43.4 Å². The molecule has 0 aromatic heterocycles. The van der Waals surface area contributed by atoms with E-state index in [1.165, 1.54) is 25.7 Å². The standard InChI is InChI=1S/C16H22BrNO2/c1-11-7-8-12(9-15(11)20-2)16(19)18-10-13-5-3-4-6-14(13)17/h7-9,13-14H,3-6,10H2,1-2H3,(H,18,19). The van der Waals surface area contributed by atoms with Crippen molar-refractivity contribution in [2.75, 3.05) is 13.7 Å². The predicted octanol–water partition coefficient (Wildman–Crippen LogP) is 3.69. The van der Waals surface area contributed by atoms with Crippen LogP contribution in [0.4, 0.5) is 0 Å². The van der Waals surface area contributed by atoms with E-state index in [1.807, 2.05) is 19.1 Å². The van der Waals surface area contributed by atoms with Crippen LogP contribution in [0, 0.1) is 12.8 Å². The number of halogens is 1. The van der Waals surface area contributed by atoms with Crippen molar-refractivity contribution in [2.45, 2.75) is 37.4 Å². The number of aryl methyl sites for hydroxylation is 1. The van der Waals surface area contributed by atoms with Crippen LogP contribution < -0.4 is 10.1 Å². The molecule has 2 rings (SSSR count). The lowest BCUT2D eigenvalue weighted by molar-refractivity contribution is 0.0944. The zero-order valence-electron chi connectivity index (χ0n) is 12.1. The summed E-state index contributed by atoms with van der Waals surface area (Å²) >= 11 is 3.72. The maximum atomic E-state index is 12.2. The number of carbonyl (C=O) groups excluding carboxylic acids is 1. The fourth-order valence-electron chi connectivity index (χ4n) is 2.68. The van der Waals surface area contributed by atoms with Gasteiger partial charge in [-0.3, -0.25) is 4.79 Å². The third-order valence-corrected chi connectivity index (χ3v) is 5.22. The topological polar surface area (TPSA) is 38.3 Å². The molecule has 0 bridgehead atoms. The first-order valence-corrected chi connectivity index (χ1v) is 8.10. The highest BCUT2D eigenvalue weighted by atomic mass is 79.9. The molecule has 0 spiro atoms. The minimum atomic E-state index is -0.0198. The molecule has 1 aliphatic carbocycles. The van der Waals surface area contributed by atoms with Crippen molar-refractivity contribution in [3.63, 3.8) is 0 Å². The van der Waals surface area contributed by atoms with Crippen LogP contribution in [0.3, 0.4) is 0 Å². The average Bonchev–Trinajstić information content (AvgIpc) is 2.46. The number of nitrogens with one attached hydrogen (secondary N) is 1. The highest BCUT2D eigenvalue weighted by Gasteiger charge is 2.23. The van der Waals surface area contributed by atoms with Crippen molar-refractivity contribution in [1.82, 2.24) is 5.32 Å². The molecule has 0 heterocycles. The smallest absolute Gasteiger partial charge is 0.251 e. The Labute approximate surface area is 129 Å². The van der Waals surface area contributed by atoms with Crippen molar-refractivity contribution >= 4 is 21.8 Å². The van der Waals surface area contributed by atoms with Crippen molar-refractivity contribution in [3.8, 4) is 5.75 Å². The average molecular weight is 340 g/mol. The summed E-state index contributed by atoms with van der Waals surface area (Å²) < 4.78 is 5.26. The van der Waals surface area contributed by atoms with Gasteiger partial charge in [0.2, 0.25) is 0 Å². The van der Waals surface area contributed by atoms with E-state index in [4.69, 9.17) is 4.74 Å². The van der Waals surface area contributed by atoms with E-state index in [0.29, 0.717) is 16.3 Å². The van der Waals surface area contributed by atoms with E-state index in [0.717, 1.165) is 17.9 Å². The van der Waals surface area contributed by atoms with Gasteiger partial charge in [-0.25, -0.2) is 0 Å². The largest absolute Gasteiger partial charge is 0.496 e. The number of methoxy groups -OCH3 is 1. The van der Waals surface area contributed by atoms with E-state index in [-0.39, 0.29) is 5.91 Å². The number of alkyl halides is 1. The highest BCUT2D eigenvalue weighted by molar-refractivity contribution is 9.09. The lowest BCUT2D eigenvalue weighted by atomic mass is 9.89. The number of hydrogen-bond donors (Lipinski definition) is 1. The molecule has 1 saturated carbocycles. The van der Waals surface area contributed by atoms with Gasteiger partial charge < -0.3 is 10.1 Å². The lowest BCUT2D eigenvalue weighted by Crippen LogP contribution is -2.34. The first kappa shape index (κ1) is 15.4. The Morgan fingerprint density at radius 2 is 2.15 bits per heavy atom. The number of ether oxygens (including phenoxy) is 1. The molecular formula is C16H22BrNO2. The number of carbonyl (C=O) groups is 1. The zero-order valence-corrected chi connectivity index (χ0v) is 13.7. The molecule has 2 unspecified atom stereocenters. The SMILES string of the molecule is COc1cc(C(=O)NCC2CCCCC2Br)ccc1C. The fourth-order valence-corrected chi connectivity index (χ4v) is 3.45. The van der Waals surface area contributed by atoms with Crippen molar-refractivity contribution in [1.29, 1.82) is 0 Å². The van der Waals surface area contributed by atoms with Gasteiger partial charge in [0, 0.05) is 16.9 Å². The van der Waals surface area contributed by atoms with E-state index < -0.39 is 0 Å². The Kier molecular flexibility index (Phi) is 5.46. The minimum absolute atomic E-state index is 0.0198. The van der Waals surface area contributed by atoms with Gasteiger partial charge in [0.1, 0.15) is 5.75 Å². The van der Waals surface area contributed by atoms with E-state index >= 15 is 0 Å². The molecule has 1 aliphatic rings. The molecular weight excluding hydrogens is 318 g/mol. The normalized spacial score (nSPS) is 22.4. The molecule has 0 radical (unpaired) electrons. The van der Waals surface area contributed by atoms with E-state index in [1.54, 1.807) is 13.2 Å². The number of rotatable bonds is 4. The fraction of sp³-hybridized carbons (Fsp3) is 0.562. The second-order valence-electron chi connectivity index (χ2n) is 5.45. The van der Waals surface area contributed by atoms with Gasteiger partial charge in [-0.2, -0.15) is 0 Å². The van der Waals surface area contributed by atoms with Crippen LogP contribution in [0.5, 0.6) is 5.75 Å². The molecule has 3 nitrogen and oxygen atoms in total. The maximum absolute atomic E-state index is 12.2. The summed E-state index contributed by atoms with van der Waals surface area (Å²) in [6.07, 6.45) is 4.95. The third-order valence-electron chi connectivity index (χ3n) is 4.01. The summed E-state index contributed by atoms with van der Waals surface area (Å²) in [7, 11) is 1.63. The van der Waals surface area contributed by atoms with Gasteiger partial charge in [0.15, 0.2) is 0 Å². The Balaban J connectivity index is 1.94. The van der Waals surface area contributed by atoms with Gasteiger partial charge in [-0.15, -0.1) is 0 Å². The summed E-state index contributed by atoms with van der Waals surface area (Å²) in [5.41, 5.74) is 1.70. The summed E-state index contributed by atoms with van der Waals surface area (Å²) in [5.74, 6) is 1.28. The molecule has 110 valence electrons. The highest BCUT2D eigenvalue weighted by Crippen LogP contribution is 2.29. The van der Waals surface area contributed by atoms with Gasteiger partial charge >= 0.3 is 0 Å². The molecule has 1 aromatic rings. The van der Waals surface area contributed by atoms with Gasteiger partial charge in [0.05, 0.1) is 7.11 Å². The van der Waals surface area contributed by atoms with Crippen LogP contribution in [-0.4, -0.2) is 24.4 Å². The maximum Gasteiger partial charge on any atom is 0.251 e. The van der Waals surface area contributed by atoms with Crippen molar-refractivity contribution < 1.29 is 9.53 Å². The van der Waals surface area contributed by atoms with Crippen molar-refractivity contribution in [3.05, 3.63) is 29.3 Å². The first-order valence-electron chi connectivity index (χ1n) is 7.18. The molecule has 2 atom stereocenters. The zero-order chi connectivity index (χ0) is 14.5. The van der Waals surface area contributed by atoms with Crippen molar-refractivity contribution in [2.24, 2.45) is 5.92 Å². The van der Waals surface area contributed by atoms with Crippen LogP contribution in [0.1, 0.15) is 41.6 Å². The third kappa shape index (κ3) is 3.75. The molecule has 0 saturated heterocycles. The van der Waals surface area contributed by atoms with Crippen LogP contribution >= 0.6 is 15.9 Å². The molecule has 1 fully saturated rings. The Hall–Kier alpha value is -1.03. The minimum Gasteiger partial charge on any atom is -0.496 e. The van der Waals surface area contributed by atoms with Crippen LogP contribution in [0.25, 0.3) is 0 Å². The molecule has 1 amide bonds. The Morgan fingerprint density at radius 1 is 1.40 bits per heavy atom. The Morgan fingerprint density at radius 3 is 2.85 bits per heavy atom. The van der Waals surface area contributed by atoms with Crippen LogP contribution in [-0.2, 0) is 0 Å². The molecule has 20 heavy (non-hydrogen) atoms. The van der Waals surface area contributed by atoms with Gasteiger partial charge in [0.25, 0.3) is 5.91 Å². The van der Waals surface area contributed by atoms with Crippen LogP contribution in [0.15, 0.2) is 18.2 Å². The monoisotopic (exact) mass is 339 g/mol. The number of amides is 1. The molecule has 4 heteroatoms. The summed E-state index contributed by atoms with van der Waals surface area (Å²) in [6.45, 7) is 2.71. The summed E-state index contributed by atoms with van der Waals surface area (Å²) in [4.78, 5) is 12.7. The first-order chi connectivity index (χ1) is 9.61. The Bertz CT molecular complexity index is 476. The van der Waals surface area contributed by atoms with Gasteiger partial charge in [-0.1, -0.05) is 34.8 Å². The predicted molar refractivity (Wildman–Crippen MR) is 84.7 cm³/mol. The van der Waals surface area contributed by atoms with E-state index in [2.05, 4.69) is 21.2 Å². The number of hydrogen-bond acceptors (Lipinski definition) is 2. The second-order valence-corrected chi connectivity index (χ2v) is 6.63. The van der Waals surface area contributed by atoms with E-state index in [9.17, 15) is 4.79 Å². The lowest BCUT2D eigenvalue weighted by Gasteiger charge is -2.27. The van der Waals surface area contributed by atoms with Crippen LogP contribution in [0.2, 0.25) is 0 Å². The quantitative estimate of drug-likeness (QED) is 0.849. The molecule has 1 aromatic carbocycles. The molecule has 1 N–H and O–H groups in total. The molecule has 0 aliphatic heterocycles. The summed E-state index contributed by atoms with van der Waals surface area (Å²) in [6, 6.07) is 5.57. The number of benzene rings is 1.